The zero-order valence-corrected chi connectivity index (χ0v) is 17.8. The van der Waals surface area contributed by atoms with E-state index in [9.17, 15) is 13.2 Å². The van der Waals surface area contributed by atoms with Gasteiger partial charge < -0.3 is 4.90 Å². The Bertz CT molecular complexity index is 803. The molecule has 1 aliphatic carbocycles. The van der Waals surface area contributed by atoms with Gasteiger partial charge in [0, 0.05) is 37.1 Å². The Labute approximate surface area is 173 Å². The van der Waals surface area contributed by atoms with Gasteiger partial charge in [-0.1, -0.05) is 30.9 Å². The molecule has 1 aromatic rings. The molecule has 1 saturated carbocycles. The number of sulfonamides is 1. The molecule has 2 saturated heterocycles. The van der Waals surface area contributed by atoms with E-state index in [2.05, 4.69) is 4.90 Å². The third-order valence-corrected chi connectivity index (χ3v) is 9.02. The fraction of sp³-hybridized carbons (Fsp3) is 0.667. The van der Waals surface area contributed by atoms with Crippen molar-refractivity contribution in [2.24, 2.45) is 17.8 Å². The first-order chi connectivity index (χ1) is 13.4. The van der Waals surface area contributed by atoms with Gasteiger partial charge in [-0.15, -0.1) is 0 Å². The molecule has 2 aliphatic heterocycles. The number of likely N-dealkylation sites (tertiary alicyclic amines) is 1. The number of nitrogens with zero attached hydrogens (tertiary/aromatic N) is 2. The Morgan fingerprint density at radius 2 is 1.54 bits per heavy atom. The van der Waals surface area contributed by atoms with Crippen LogP contribution >= 0.6 is 11.6 Å². The maximum Gasteiger partial charge on any atom is 0.243 e. The second kappa shape index (κ2) is 8.33. The van der Waals surface area contributed by atoms with Gasteiger partial charge in [-0.2, -0.15) is 4.31 Å². The lowest BCUT2D eigenvalue weighted by Crippen LogP contribution is -2.49. The van der Waals surface area contributed by atoms with Gasteiger partial charge in [-0.05, 0) is 61.8 Å². The number of amides is 1. The van der Waals surface area contributed by atoms with Crippen molar-refractivity contribution in [2.75, 3.05) is 26.2 Å². The number of hydrogen-bond acceptors (Lipinski definition) is 3. The van der Waals surface area contributed by atoms with Crippen LogP contribution in [0.3, 0.4) is 0 Å². The molecule has 1 amide bonds. The van der Waals surface area contributed by atoms with Gasteiger partial charge in [0.2, 0.25) is 15.9 Å². The maximum atomic E-state index is 13.0. The van der Waals surface area contributed by atoms with E-state index in [4.69, 9.17) is 11.6 Å². The number of carbonyl (C=O) groups is 1. The van der Waals surface area contributed by atoms with E-state index in [1.807, 2.05) is 0 Å². The molecule has 0 N–H and O–H groups in total. The third-order valence-electron chi connectivity index (χ3n) is 6.86. The van der Waals surface area contributed by atoms with Crippen molar-refractivity contribution in [2.45, 2.75) is 49.8 Å². The molecule has 1 aromatic carbocycles. The first-order valence-corrected chi connectivity index (χ1v) is 12.3. The summed E-state index contributed by atoms with van der Waals surface area (Å²) in [5, 5.41) is 0.519. The van der Waals surface area contributed by atoms with Gasteiger partial charge in [0.15, 0.2) is 0 Å². The highest BCUT2D eigenvalue weighted by Crippen LogP contribution is 2.37. The summed E-state index contributed by atoms with van der Waals surface area (Å²) < 4.78 is 27.2. The predicted molar refractivity (Wildman–Crippen MR) is 110 cm³/mol. The highest BCUT2D eigenvalue weighted by atomic mass is 35.5. The average molecular weight is 425 g/mol. The van der Waals surface area contributed by atoms with E-state index >= 15 is 0 Å². The van der Waals surface area contributed by atoms with E-state index in [1.165, 1.54) is 30.0 Å². The minimum absolute atomic E-state index is 0.0446. The normalized spacial score (nSPS) is 27.4. The molecule has 2 heterocycles. The molecule has 154 valence electrons. The van der Waals surface area contributed by atoms with Crippen LogP contribution in [-0.4, -0.2) is 49.7 Å². The Morgan fingerprint density at radius 3 is 2.21 bits per heavy atom. The summed E-state index contributed by atoms with van der Waals surface area (Å²) in [6.45, 7) is 2.60. The monoisotopic (exact) mass is 424 g/mol. The van der Waals surface area contributed by atoms with Gasteiger partial charge in [0.1, 0.15) is 0 Å². The topological polar surface area (TPSA) is 57.7 Å². The van der Waals surface area contributed by atoms with E-state index in [0.717, 1.165) is 25.4 Å². The number of hydrogen-bond donors (Lipinski definition) is 0. The lowest BCUT2D eigenvalue weighted by Gasteiger charge is -2.43. The molecular weight excluding hydrogens is 396 g/mol. The number of halogens is 1. The highest BCUT2D eigenvalue weighted by Gasteiger charge is 2.37. The summed E-state index contributed by atoms with van der Waals surface area (Å²) in [7, 11) is -3.52. The second-order valence-corrected chi connectivity index (χ2v) is 10.9. The molecule has 3 fully saturated rings. The van der Waals surface area contributed by atoms with Gasteiger partial charge in [-0.25, -0.2) is 8.42 Å². The van der Waals surface area contributed by atoms with Gasteiger partial charge in [0.25, 0.3) is 0 Å². The van der Waals surface area contributed by atoms with E-state index in [1.54, 1.807) is 24.3 Å². The number of benzene rings is 1. The highest BCUT2D eigenvalue weighted by molar-refractivity contribution is 7.89. The van der Waals surface area contributed by atoms with Crippen LogP contribution in [0.4, 0.5) is 0 Å². The van der Waals surface area contributed by atoms with Crippen LogP contribution in [0.15, 0.2) is 29.2 Å². The Hall–Kier alpha value is -1.11. The first kappa shape index (κ1) is 20.2. The van der Waals surface area contributed by atoms with Crippen molar-refractivity contribution >= 4 is 27.5 Å². The van der Waals surface area contributed by atoms with Crippen molar-refractivity contribution < 1.29 is 13.2 Å². The summed E-state index contributed by atoms with van der Waals surface area (Å²) in [5.41, 5.74) is 0. The minimum atomic E-state index is -3.52. The van der Waals surface area contributed by atoms with E-state index in [0.29, 0.717) is 36.9 Å². The maximum absolute atomic E-state index is 13.0. The molecule has 3 aliphatic rings. The molecule has 2 atom stereocenters. The molecule has 0 bridgehead atoms. The number of rotatable bonds is 3. The summed E-state index contributed by atoms with van der Waals surface area (Å²) in [4.78, 5) is 15.4. The fourth-order valence-corrected chi connectivity index (χ4v) is 6.75. The fourth-order valence-electron chi connectivity index (χ4n) is 5.16. The predicted octanol–water partition coefficient (Wildman–Crippen LogP) is 3.78. The zero-order chi connectivity index (χ0) is 19.7. The molecule has 0 radical (unpaired) electrons. The van der Waals surface area contributed by atoms with Crippen LogP contribution in [-0.2, 0) is 14.8 Å². The third kappa shape index (κ3) is 4.10. The summed E-state index contributed by atoms with van der Waals surface area (Å²) in [6.07, 6.45) is 7.58. The molecule has 0 unspecified atom stereocenters. The first-order valence-electron chi connectivity index (χ1n) is 10.5. The zero-order valence-electron chi connectivity index (χ0n) is 16.2. The van der Waals surface area contributed by atoms with Crippen molar-refractivity contribution in [1.82, 2.24) is 9.21 Å². The standard InChI is InChI=1S/C21H29ClN2O3S/c22-19-5-7-20(8-6-19)28(26,27)24-13-10-17(11-14-24)21(25)23-12-9-16-3-1-2-4-18(16)15-23/h5-8,16-18H,1-4,9-15H2/t16-,18-/m1/s1. The summed E-state index contributed by atoms with van der Waals surface area (Å²) in [5.74, 6) is 1.69. The SMILES string of the molecule is O=C(C1CCN(S(=O)(=O)c2ccc(Cl)cc2)CC1)N1CC[C@H]2CCCC[C@@H]2C1. The Balaban J connectivity index is 1.34. The largest absolute Gasteiger partial charge is 0.342 e. The summed E-state index contributed by atoms with van der Waals surface area (Å²) >= 11 is 5.87. The number of piperidine rings is 2. The van der Waals surface area contributed by atoms with E-state index in [-0.39, 0.29) is 16.7 Å². The van der Waals surface area contributed by atoms with Crippen LogP contribution in [0, 0.1) is 17.8 Å². The number of fused-ring (bicyclic) bond motifs is 1. The Kier molecular flexibility index (Phi) is 6.00. The van der Waals surface area contributed by atoms with Gasteiger partial charge >= 0.3 is 0 Å². The number of carbonyl (C=O) groups excluding carboxylic acids is 1. The second-order valence-electron chi connectivity index (χ2n) is 8.51. The molecule has 0 aromatic heterocycles. The van der Waals surface area contributed by atoms with Gasteiger partial charge in [0.05, 0.1) is 4.90 Å². The molecular formula is C21H29ClN2O3S. The van der Waals surface area contributed by atoms with Crippen molar-refractivity contribution in [1.29, 1.82) is 0 Å². The van der Waals surface area contributed by atoms with Crippen LogP contribution in [0.5, 0.6) is 0 Å². The van der Waals surface area contributed by atoms with Crippen molar-refractivity contribution in [3.8, 4) is 0 Å². The minimum Gasteiger partial charge on any atom is -0.342 e. The molecule has 0 spiro atoms. The Morgan fingerprint density at radius 1 is 0.893 bits per heavy atom. The summed E-state index contributed by atoms with van der Waals surface area (Å²) in [6, 6.07) is 6.28. The van der Waals surface area contributed by atoms with Crippen LogP contribution < -0.4 is 0 Å². The van der Waals surface area contributed by atoms with Crippen molar-refractivity contribution in [3.05, 3.63) is 29.3 Å². The van der Waals surface area contributed by atoms with Crippen LogP contribution in [0.2, 0.25) is 5.02 Å². The lowest BCUT2D eigenvalue weighted by atomic mass is 9.75. The van der Waals surface area contributed by atoms with Crippen LogP contribution in [0.1, 0.15) is 44.9 Å². The molecule has 28 heavy (non-hydrogen) atoms. The van der Waals surface area contributed by atoms with E-state index < -0.39 is 10.0 Å². The molecule has 4 rings (SSSR count). The smallest absolute Gasteiger partial charge is 0.243 e. The lowest BCUT2D eigenvalue weighted by molar-refractivity contribution is -0.139. The molecule has 5 nitrogen and oxygen atoms in total. The van der Waals surface area contributed by atoms with Crippen molar-refractivity contribution in [3.63, 3.8) is 0 Å². The molecule has 7 heteroatoms. The quantitative estimate of drug-likeness (QED) is 0.741. The van der Waals surface area contributed by atoms with Gasteiger partial charge in [-0.3, -0.25) is 4.79 Å². The average Bonchev–Trinajstić information content (AvgIpc) is 2.73. The van der Waals surface area contributed by atoms with Crippen LogP contribution in [0.25, 0.3) is 0 Å².